The van der Waals surface area contributed by atoms with E-state index in [9.17, 15) is 9.59 Å². The van der Waals surface area contributed by atoms with E-state index in [1.54, 1.807) is 20.8 Å². The van der Waals surface area contributed by atoms with Gasteiger partial charge in [0.1, 0.15) is 12.2 Å². The Labute approximate surface area is 153 Å². The van der Waals surface area contributed by atoms with E-state index >= 15 is 0 Å². The van der Waals surface area contributed by atoms with E-state index in [-0.39, 0.29) is 13.2 Å². The summed E-state index contributed by atoms with van der Waals surface area (Å²) in [6, 6.07) is 9.44. The lowest BCUT2D eigenvalue weighted by Crippen LogP contribution is -2.47. The fourth-order valence-corrected chi connectivity index (χ4v) is 2.52. The highest BCUT2D eigenvalue weighted by molar-refractivity contribution is 7.80. The molecule has 136 valence electrons. The maximum absolute atomic E-state index is 12.0. The van der Waals surface area contributed by atoms with Crippen LogP contribution in [0.25, 0.3) is 0 Å². The van der Waals surface area contributed by atoms with Crippen LogP contribution in [0.5, 0.6) is 0 Å². The summed E-state index contributed by atoms with van der Waals surface area (Å²) in [5.74, 6) is 0. The fraction of sp³-hybridized carbons (Fsp3) is 0.500. The summed E-state index contributed by atoms with van der Waals surface area (Å²) in [5, 5.41) is 5.44. The average Bonchev–Trinajstić information content (AvgIpc) is 3.31. The van der Waals surface area contributed by atoms with Gasteiger partial charge in [0.2, 0.25) is 0 Å². The van der Waals surface area contributed by atoms with Crippen molar-refractivity contribution in [3.05, 3.63) is 35.9 Å². The number of rotatable bonds is 6. The molecule has 0 heterocycles. The van der Waals surface area contributed by atoms with E-state index in [0.29, 0.717) is 4.86 Å². The van der Waals surface area contributed by atoms with Gasteiger partial charge in [-0.3, -0.25) is 0 Å². The van der Waals surface area contributed by atoms with Crippen molar-refractivity contribution in [2.75, 3.05) is 6.54 Å². The van der Waals surface area contributed by atoms with Crippen molar-refractivity contribution in [3.8, 4) is 0 Å². The maximum atomic E-state index is 12.0. The lowest BCUT2D eigenvalue weighted by molar-refractivity contribution is 0.0536. The summed E-state index contributed by atoms with van der Waals surface area (Å²) in [6.07, 6.45) is 0.433. The van der Waals surface area contributed by atoms with Crippen LogP contribution in [0.1, 0.15) is 39.2 Å². The van der Waals surface area contributed by atoms with E-state index in [1.807, 2.05) is 30.3 Å². The van der Waals surface area contributed by atoms with Gasteiger partial charge >= 0.3 is 12.2 Å². The monoisotopic (exact) mass is 364 g/mol. The number of alkyl carbamates (subject to hydrolysis) is 2. The van der Waals surface area contributed by atoms with Crippen LogP contribution in [-0.4, -0.2) is 34.7 Å². The molecule has 2 N–H and O–H groups in total. The smallest absolute Gasteiger partial charge is 0.408 e. The molecular weight excluding hydrogens is 340 g/mol. The van der Waals surface area contributed by atoms with E-state index in [4.69, 9.17) is 21.7 Å². The quantitative estimate of drug-likeness (QED) is 0.757. The van der Waals surface area contributed by atoms with Crippen molar-refractivity contribution in [1.82, 2.24) is 10.6 Å². The first-order valence-electron chi connectivity index (χ1n) is 8.19. The highest BCUT2D eigenvalue weighted by Crippen LogP contribution is 2.37. The predicted octanol–water partition coefficient (Wildman–Crippen LogP) is 3.34. The number of amides is 2. The topological polar surface area (TPSA) is 76.7 Å². The number of nitrogens with one attached hydrogen (secondary N) is 2. The number of carbonyl (C=O) groups excluding carboxylic acids is 2. The van der Waals surface area contributed by atoms with Crippen molar-refractivity contribution in [2.45, 2.75) is 51.4 Å². The summed E-state index contributed by atoms with van der Waals surface area (Å²) < 4.78 is 10.4. The van der Waals surface area contributed by atoms with Crippen molar-refractivity contribution in [1.29, 1.82) is 0 Å². The molecule has 1 aliphatic rings. The second kappa shape index (κ2) is 7.82. The van der Waals surface area contributed by atoms with Crippen molar-refractivity contribution in [3.63, 3.8) is 0 Å². The van der Waals surface area contributed by atoms with Crippen LogP contribution in [0.4, 0.5) is 9.59 Å². The molecule has 0 aliphatic heterocycles. The van der Waals surface area contributed by atoms with Gasteiger partial charge in [-0.05, 0) is 39.2 Å². The molecule has 1 aromatic carbocycles. The van der Waals surface area contributed by atoms with Gasteiger partial charge in [-0.2, -0.15) is 0 Å². The molecule has 1 aromatic rings. The normalized spacial score (nSPS) is 15.0. The number of ether oxygens (including phenoxy) is 2. The highest BCUT2D eigenvalue weighted by atomic mass is 32.1. The Hall–Kier alpha value is -2.15. The maximum Gasteiger partial charge on any atom is 0.408 e. The Bertz CT molecular complexity index is 636. The highest BCUT2D eigenvalue weighted by Gasteiger charge is 2.48. The average molecular weight is 364 g/mol. The molecule has 2 rings (SSSR count). The van der Waals surface area contributed by atoms with Gasteiger partial charge < -0.3 is 20.1 Å². The minimum atomic E-state index is -0.571. The number of hydrogen-bond acceptors (Lipinski definition) is 5. The van der Waals surface area contributed by atoms with Crippen LogP contribution in [0.15, 0.2) is 30.3 Å². The van der Waals surface area contributed by atoms with Crippen LogP contribution in [0, 0.1) is 0 Å². The van der Waals surface area contributed by atoms with Gasteiger partial charge in [-0.1, -0.05) is 42.5 Å². The minimum Gasteiger partial charge on any atom is -0.445 e. The van der Waals surface area contributed by atoms with Crippen LogP contribution >= 0.6 is 12.2 Å². The zero-order chi connectivity index (χ0) is 18.5. The largest absolute Gasteiger partial charge is 0.445 e. The second-order valence-electron chi connectivity index (χ2n) is 7.05. The molecule has 1 saturated carbocycles. The van der Waals surface area contributed by atoms with Gasteiger partial charge in [0.25, 0.3) is 0 Å². The van der Waals surface area contributed by atoms with Crippen molar-refractivity contribution in [2.24, 2.45) is 0 Å². The van der Waals surface area contributed by atoms with Gasteiger partial charge in [0, 0.05) is 4.86 Å². The molecule has 0 unspecified atom stereocenters. The minimum absolute atomic E-state index is 0.170. The Balaban J connectivity index is 1.76. The fourth-order valence-electron chi connectivity index (χ4n) is 2.19. The number of thiocarbonyl (C=S) groups is 1. The van der Waals surface area contributed by atoms with Crippen molar-refractivity contribution < 1.29 is 19.1 Å². The van der Waals surface area contributed by atoms with Crippen LogP contribution in [0.3, 0.4) is 0 Å². The molecule has 7 heteroatoms. The molecule has 0 bridgehead atoms. The van der Waals surface area contributed by atoms with Gasteiger partial charge in [0.05, 0.1) is 12.1 Å². The van der Waals surface area contributed by atoms with E-state index in [1.165, 1.54) is 0 Å². The zero-order valence-corrected chi connectivity index (χ0v) is 15.6. The molecule has 1 fully saturated rings. The summed E-state index contributed by atoms with van der Waals surface area (Å²) >= 11 is 5.37. The molecule has 25 heavy (non-hydrogen) atoms. The molecule has 6 nitrogen and oxygen atoms in total. The third-order valence-electron chi connectivity index (χ3n) is 3.63. The summed E-state index contributed by atoms with van der Waals surface area (Å²) in [7, 11) is 0. The van der Waals surface area contributed by atoms with E-state index in [0.717, 1.165) is 18.4 Å². The third-order valence-corrected chi connectivity index (χ3v) is 4.17. The molecule has 2 amide bonds. The SMILES string of the molecule is CC(C)(C)OC(=O)NCC(=S)C1(NC(=O)OCc2ccccc2)CC1. The number of benzene rings is 1. The van der Waals surface area contributed by atoms with Crippen LogP contribution in [-0.2, 0) is 16.1 Å². The number of carbonyl (C=O) groups is 2. The molecule has 0 radical (unpaired) electrons. The van der Waals surface area contributed by atoms with Crippen LogP contribution < -0.4 is 10.6 Å². The number of hydrogen-bond donors (Lipinski definition) is 2. The summed E-state index contributed by atoms with van der Waals surface area (Å²) in [5.41, 5.74) is -0.225. The Kier molecular flexibility index (Phi) is 6.00. The first-order chi connectivity index (χ1) is 11.7. The first-order valence-corrected chi connectivity index (χ1v) is 8.60. The Morgan fingerprint density at radius 3 is 2.36 bits per heavy atom. The van der Waals surface area contributed by atoms with Gasteiger partial charge in [-0.25, -0.2) is 9.59 Å². The molecule has 1 aliphatic carbocycles. The van der Waals surface area contributed by atoms with Crippen LogP contribution in [0.2, 0.25) is 0 Å². The summed E-state index contributed by atoms with van der Waals surface area (Å²) in [6.45, 7) is 5.74. The van der Waals surface area contributed by atoms with E-state index in [2.05, 4.69) is 10.6 Å². The zero-order valence-electron chi connectivity index (χ0n) is 14.8. The lowest BCUT2D eigenvalue weighted by Gasteiger charge is -2.22. The van der Waals surface area contributed by atoms with Crippen molar-refractivity contribution >= 4 is 29.3 Å². The molecule has 0 saturated heterocycles. The Morgan fingerprint density at radius 1 is 1.16 bits per heavy atom. The standard InChI is InChI=1S/C18H24N2O4S/c1-17(2,3)24-15(21)19-11-14(25)18(9-10-18)20-16(22)23-12-13-7-5-4-6-8-13/h4-8H,9-12H2,1-3H3,(H,19,21)(H,20,22). The third kappa shape index (κ3) is 6.34. The van der Waals surface area contributed by atoms with E-state index < -0.39 is 23.3 Å². The predicted molar refractivity (Wildman–Crippen MR) is 98.6 cm³/mol. The molecule has 0 aromatic heterocycles. The molecule has 0 spiro atoms. The van der Waals surface area contributed by atoms with Gasteiger partial charge in [0.15, 0.2) is 0 Å². The first kappa shape index (κ1) is 19.2. The van der Waals surface area contributed by atoms with Gasteiger partial charge in [-0.15, -0.1) is 0 Å². The molecular formula is C18H24N2O4S. The second-order valence-corrected chi connectivity index (χ2v) is 7.54. The Morgan fingerprint density at radius 2 is 1.80 bits per heavy atom. The summed E-state index contributed by atoms with van der Waals surface area (Å²) in [4.78, 5) is 24.2. The lowest BCUT2D eigenvalue weighted by atomic mass is 10.2. The molecule has 0 atom stereocenters.